The Morgan fingerprint density at radius 1 is 1.38 bits per heavy atom. The number of ether oxygens (including phenoxy) is 1. The number of hydrogen-bond acceptors (Lipinski definition) is 7. The van der Waals surface area contributed by atoms with Crippen molar-refractivity contribution in [2.45, 2.75) is 6.92 Å². The fourth-order valence-corrected chi connectivity index (χ4v) is 2.74. The quantitative estimate of drug-likeness (QED) is 0.486. The molecule has 0 amide bonds. The van der Waals surface area contributed by atoms with Crippen LogP contribution in [-0.2, 0) is 0 Å². The highest BCUT2D eigenvalue weighted by Gasteiger charge is 2.11. The average Bonchev–Trinajstić information content (AvgIpc) is 2.61. The molecule has 2 N–H and O–H groups in total. The summed E-state index contributed by atoms with van der Waals surface area (Å²) in [5.41, 5.74) is 0.665. The van der Waals surface area contributed by atoms with Crippen molar-refractivity contribution in [1.29, 1.82) is 0 Å². The van der Waals surface area contributed by atoms with E-state index in [9.17, 15) is 4.79 Å². The Hall–Kier alpha value is -2.38. The number of rotatable bonds is 5. The highest BCUT2D eigenvalue weighted by atomic mass is 16.5. The summed E-state index contributed by atoms with van der Waals surface area (Å²) in [5.74, 6) is 0.464. The molecule has 1 fully saturated rings. The number of carbonyl (C=O) groups excluding carboxylic acids is 1. The Labute approximate surface area is 139 Å². The Morgan fingerprint density at radius 2 is 2.17 bits per heavy atom. The van der Waals surface area contributed by atoms with Crippen LogP contribution in [0.4, 0.5) is 0 Å². The van der Waals surface area contributed by atoms with Crippen LogP contribution in [0.3, 0.4) is 0 Å². The number of piperazine rings is 1. The van der Waals surface area contributed by atoms with Gasteiger partial charge in [0.15, 0.2) is 5.78 Å². The maximum absolute atomic E-state index is 11.6. The van der Waals surface area contributed by atoms with E-state index >= 15 is 0 Å². The molecule has 0 bridgehead atoms. The summed E-state index contributed by atoms with van der Waals surface area (Å²) < 4.78 is 11.3. The fraction of sp³-hybridized carbons (Fsp3) is 0.412. The van der Waals surface area contributed by atoms with Crippen LogP contribution in [0, 0.1) is 0 Å². The maximum atomic E-state index is 11.6. The molecular formula is C17H21N3O4. The zero-order chi connectivity index (χ0) is 16.9. The molecule has 1 aromatic carbocycles. The van der Waals surface area contributed by atoms with Gasteiger partial charge in [-0.05, 0) is 30.3 Å². The lowest BCUT2D eigenvalue weighted by Crippen LogP contribution is -2.44. The van der Waals surface area contributed by atoms with E-state index in [1.807, 2.05) is 12.1 Å². The van der Waals surface area contributed by atoms with Gasteiger partial charge in [-0.15, -0.1) is 0 Å². The molecule has 1 saturated heterocycles. The van der Waals surface area contributed by atoms with Crippen LogP contribution in [0.5, 0.6) is 5.75 Å². The lowest BCUT2D eigenvalue weighted by Gasteiger charge is -2.26. The van der Waals surface area contributed by atoms with Crippen LogP contribution >= 0.6 is 0 Å². The molecule has 3 rings (SSSR count). The maximum Gasteiger partial charge on any atom is 0.266 e. The molecule has 7 nitrogen and oxygen atoms in total. The van der Waals surface area contributed by atoms with Gasteiger partial charge in [0.1, 0.15) is 17.9 Å². The molecule has 0 radical (unpaired) electrons. The van der Waals surface area contributed by atoms with Gasteiger partial charge in [0.25, 0.3) is 5.55 Å². The van der Waals surface area contributed by atoms with Crippen molar-refractivity contribution < 1.29 is 19.2 Å². The smallest absolute Gasteiger partial charge is 0.266 e. The Morgan fingerprint density at radius 3 is 2.88 bits per heavy atom. The monoisotopic (exact) mass is 331 g/mol. The van der Waals surface area contributed by atoms with E-state index in [1.54, 1.807) is 12.1 Å². The Bertz CT molecular complexity index is 794. The van der Waals surface area contributed by atoms with E-state index in [0.29, 0.717) is 17.9 Å². The number of nitrogens with one attached hydrogen (secondary N) is 1. The number of nitrogens with zero attached hydrogens (tertiary/aromatic N) is 2. The van der Waals surface area contributed by atoms with E-state index < -0.39 is 0 Å². The van der Waals surface area contributed by atoms with Gasteiger partial charge in [0, 0.05) is 44.2 Å². The van der Waals surface area contributed by atoms with Crippen molar-refractivity contribution in [3.8, 4) is 5.75 Å². The second-order valence-corrected chi connectivity index (χ2v) is 5.76. The minimum Gasteiger partial charge on any atom is -0.492 e. The summed E-state index contributed by atoms with van der Waals surface area (Å²) in [5, 5.41) is 16.1. The third-order valence-corrected chi connectivity index (χ3v) is 4.08. The van der Waals surface area contributed by atoms with Crippen LogP contribution in [0.2, 0.25) is 0 Å². The molecule has 2 aromatic rings. The molecule has 2 heterocycles. The van der Waals surface area contributed by atoms with Crippen LogP contribution in [0.15, 0.2) is 33.8 Å². The third kappa shape index (κ3) is 3.74. The van der Waals surface area contributed by atoms with Crippen molar-refractivity contribution >= 4 is 16.8 Å². The predicted molar refractivity (Wildman–Crippen MR) is 88.4 cm³/mol. The fourth-order valence-electron chi connectivity index (χ4n) is 2.74. The molecule has 0 saturated carbocycles. The number of carbonyl (C=O) groups is 1. The number of ketones is 1. The zero-order valence-corrected chi connectivity index (χ0v) is 13.6. The summed E-state index contributed by atoms with van der Waals surface area (Å²) >= 11 is 0. The molecule has 24 heavy (non-hydrogen) atoms. The van der Waals surface area contributed by atoms with Gasteiger partial charge in [0.05, 0.1) is 5.56 Å². The van der Waals surface area contributed by atoms with Crippen molar-refractivity contribution in [3.05, 3.63) is 35.4 Å². The molecule has 0 aliphatic carbocycles. The molecule has 7 heteroatoms. The number of fused-ring (bicyclic) bond motifs is 1. The molecule has 0 spiro atoms. The minimum atomic E-state index is -0.218. The lowest BCUT2D eigenvalue weighted by atomic mass is 10.1. The summed E-state index contributed by atoms with van der Waals surface area (Å²) in [6, 6.07) is 7.06. The van der Waals surface area contributed by atoms with E-state index in [2.05, 4.69) is 15.4 Å². The molecule has 0 atom stereocenters. The van der Waals surface area contributed by atoms with Crippen LogP contribution in [0.25, 0.3) is 11.0 Å². The van der Waals surface area contributed by atoms with Gasteiger partial charge in [-0.25, -0.2) is 0 Å². The summed E-state index contributed by atoms with van der Waals surface area (Å²) in [6.45, 7) is 6.96. The predicted octanol–water partition coefficient (Wildman–Crippen LogP) is 1.21. The van der Waals surface area contributed by atoms with Crippen molar-refractivity contribution in [2.75, 3.05) is 39.3 Å². The first-order valence-electron chi connectivity index (χ1n) is 8.00. The normalized spacial score (nSPS) is 16.5. The summed E-state index contributed by atoms with van der Waals surface area (Å²) in [6.07, 6.45) is 0. The molecule has 1 aromatic heterocycles. The molecule has 1 aliphatic heterocycles. The van der Waals surface area contributed by atoms with Crippen LogP contribution < -0.4 is 15.6 Å². The average molecular weight is 331 g/mol. The minimum absolute atomic E-state index is 0.0898. The highest BCUT2D eigenvalue weighted by Crippen LogP contribution is 2.20. The van der Waals surface area contributed by atoms with Gasteiger partial charge in [-0.3, -0.25) is 9.69 Å². The second kappa shape index (κ2) is 7.46. The molecule has 128 valence electrons. The zero-order valence-electron chi connectivity index (χ0n) is 13.6. The van der Waals surface area contributed by atoms with E-state index in [1.165, 1.54) is 6.92 Å². The molecular weight excluding hydrogens is 310 g/mol. The topological polar surface area (TPSA) is 87.3 Å². The first-order chi connectivity index (χ1) is 11.7. The van der Waals surface area contributed by atoms with E-state index in [4.69, 9.17) is 14.4 Å². The first-order valence-corrected chi connectivity index (χ1v) is 8.00. The largest absolute Gasteiger partial charge is 0.492 e. The van der Waals surface area contributed by atoms with Gasteiger partial charge in [-0.2, -0.15) is 0 Å². The van der Waals surface area contributed by atoms with Gasteiger partial charge >= 0.3 is 0 Å². The second-order valence-electron chi connectivity index (χ2n) is 5.76. The van der Waals surface area contributed by atoms with Crippen LogP contribution in [-0.4, -0.2) is 55.2 Å². The number of Topliss-reactive ketones (excluding diaryl/α,β-unsaturated/α-hetero) is 1. The summed E-state index contributed by atoms with van der Waals surface area (Å²) in [7, 11) is 0. The van der Waals surface area contributed by atoms with E-state index in [-0.39, 0.29) is 16.9 Å². The first kappa shape index (κ1) is 16.5. The standard InChI is InChI=1S/C17H21N3O4/c1-12(21)15-10-13-2-3-14(11-16(13)24-17(15)19-22)23-9-8-20-6-4-18-5-7-20/h2-3,10-11,18,22H,4-9H2,1H3. The Balaban J connectivity index is 1.73. The van der Waals surface area contributed by atoms with E-state index in [0.717, 1.165) is 38.1 Å². The van der Waals surface area contributed by atoms with Crippen LogP contribution in [0.1, 0.15) is 17.3 Å². The lowest BCUT2D eigenvalue weighted by molar-refractivity contribution is 0.101. The van der Waals surface area contributed by atoms with Gasteiger partial charge < -0.3 is 19.7 Å². The third-order valence-electron chi connectivity index (χ3n) is 4.08. The van der Waals surface area contributed by atoms with Gasteiger partial charge in [-0.1, -0.05) is 0 Å². The summed E-state index contributed by atoms with van der Waals surface area (Å²) in [4.78, 5) is 13.9. The van der Waals surface area contributed by atoms with Crippen molar-refractivity contribution in [2.24, 2.45) is 5.16 Å². The highest BCUT2D eigenvalue weighted by molar-refractivity contribution is 5.96. The Kier molecular flexibility index (Phi) is 5.12. The van der Waals surface area contributed by atoms with Crippen molar-refractivity contribution in [1.82, 2.24) is 10.2 Å². The van der Waals surface area contributed by atoms with Crippen molar-refractivity contribution in [3.63, 3.8) is 0 Å². The van der Waals surface area contributed by atoms with Gasteiger partial charge in [0.2, 0.25) is 0 Å². The number of benzene rings is 1. The number of hydrogen-bond donors (Lipinski definition) is 2. The molecule has 1 aliphatic rings. The SMILES string of the molecule is CC(=O)c1cc2ccc(OCCN3CCNCC3)cc2oc1=NO. The molecule has 0 unspecified atom stereocenters.